The number of piperazine rings is 1. The van der Waals surface area contributed by atoms with E-state index in [2.05, 4.69) is 10.6 Å². The van der Waals surface area contributed by atoms with Crippen molar-refractivity contribution in [2.24, 2.45) is 0 Å². The maximum Gasteiger partial charge on any atom is 0.237 e. The van der Waals surface area contributed by atoms with E-state index in [1.165, 1.54) is 12.1 Å². The Morgan fingerprint density at radius 3 is 3.00 bits per heavy atom. The van der Waals surface area contributed by atoms with Crippen LogP contribution in [0.2, 0.25) is 0 Å². The van der Waals surface area contributed by atoms with Gasteiger partial charge in [0.05, 0.1) is 25.2 Å². The summed E-state index contributed by atoms with van der Waals surface area (Å²) in [5, 5.41) is 5.56. The van der Waals surface area contributed by atoms with Gasteiger partial charge < -0.3 is 15.4 Å². The van der Waals surface area contributed by atoms with Gasteiger partial charge in [0.1, 0.15) is 5.82 Å². The maximum absolute atomic E-state index is 13.4. The minimum atomic E-state index is -0.553. The van der Waals surface area contributed by atoms with E-state index < -0.39 is 6.04 Å². The molecule has 0 aromatic heterocycles. The van der Waals surface area contributed by atoms with Gasteiger partial charge in [0.2, 0.25) is 11.8 Å². The van der Waals surface area contributed by atoms with Gasteiger partial charge in [0.15, 0.2) is 0 Å². The Morgan fingerprint density at radius 2 is 2.28 bits per heavy atom. The van der Waals surface area contributed by atoms with Crippen LogP contribution in [-0.2, 0) is 20.9 Å². The number of nitrogens with one attached hydrogen (secondary N) is 2. The first kappa shape index (κ1) is 19.3. The summed E-state index contributed by atoms with van der Waals surface area (Å²) in [6, 6.07) is 5.74. The molecule has 7 heteroatoms. The second kappa shape index (κ2) is 9.48. The third-order valence-electron chi connectivity index (χ3n) is 3.97. The Kier molecular flexibility index (Phi) is 7.33. The molecule has 2 N–H and O–H groups in total. The molecule has 0 spiro atoms. The van der Waals surface area contributed by atoms with Gasteiger partial charge >= 0.3 is 0 Å². The third kappa shape index (κ3) is 6.43. The molecule has 1 saturated heterocycles. The fourth-order valence-electron chi connectivity index (χ4n) is 2.78. The van der Waals surface area contributed by atoms with Crippen molar-refractivity contribution < 1.29 is 18.7 Å². The number of benzene rings is 1. The van der Waals surface area contributed by atoms with Crippen molar-refractivity contribution in [3.63, 3.8) is 0 Å². The van der Waals surface area contributed by atoms with Gasteiger partial charge in [-0.1, -0.05) is 12.1 Å². The number of halogens is 1. The second-order valence-electron chi connectivity index (χ2n) is 6.38. The van der Waals surface area contributed by atoms with E-state index in [4.69, 9.17) is 4.74 Å². The predicted octanol–water partition coefficient (Wildman–Crippen LogP) is 1.06. The predicted molar refractivity (Wildman–Crippen MR) is 92.3 cm³/mol. The quantitative estimate of drug-likeness (QED) is 0.687. The summed E-state index contributed by atoms with van der Waals surface area (Å²) in [6.07, 6.45) is 0.186. The minimum absolute atomic E-state index is 0.0722. The number of ether oxygens (including phenoxy) is 1. The number of nitrogens with zero attached hydrogens (tertiary/aromatic N) is 1. The molecule has 2 amide bonds. The van der Waals surface area contributed by atoms with E-state index in [0.717, 1.165) is 5.56 Å². The maximum atomic E-state index is 13.4. The summed E-state index contributed by atoms with van der Waals surface area (Å²) >= 11 is 0. The van der Waals surface area contributed by atoms with Crippen molar-refractivity contribution in [1.82, 2.24) is 15.5 Å². The SMILES string of the molecule is CC(C)OCCNC(=O)C[C@@H]1C(=O)NCCN1Cc1cccc(F)c1. The van der Waals surface area contributed by atoms with Crippen molar-refractivity contribution in [2.45, 2.75) is 39.0 Å². The lowest BCUT2D eigenvalue weighted by molar-refractivity contribution is -0.134. The average molecular weight is 351 g/mol. The van der Waals surface area contributed by atoms with E-state index in [1.54, 1.807) is 6.07 Å². The smallest absolute Gasteiger partial charge is 0.237 e. The van der Waals surface area contributed by atoms with Crippen LogP contribution in [0.4, 0.5) is 4.39 Å². The van der Waals surface area contributed by atoms with Crippen LogP contribution in [0.1, 0.15) is 25.8 Å². The Bertz CT molecular complexity index is 595. The van der Waals surface area contributed by atoms with Gasteiger partial charge in [-0.25, -0.2) is 4.39 Å². The third-order valence-corrected chi connectivity index (χ3v) is 3.97. The molecule has 138 valence electrons. The fourth-order valence-corrected chi connectivity index (χ4v) is 2.78. The van der Waals surface area contributed by atoms with Gasteiger partial charge in [0, 0.05) is 26.2 Å². The molecule has 6 nitrogen and oxygen atoms in total. The van der Waals surface area contributed by atoms with E-state index >= 15 is 0 Å². The Hall–Kier alpha value is -1.99. The van der Waals surface area contributed by atoms with Gasteiger partial charge in [-0.3, -0.25) is 14.5 Å². The van der Waals surface area contributed by atoms with E-state index in [0.29, 0.717) is 32.8 Å². The highest BCUT2D eigenvalue weighted by atomic mass is 19.1. The van der Waals surface area contributed by atoms with Crippen molar-refractivity contribution in [3.8, 4) is 0 Å². The molecular formula is C18H26FN3O3. The van der Waals surface area contributed by atoms with Crippen LogP contribution in [0.5, 0.6) is 0 Å². The molecular weight excluding hydrogens is 325 g/mol. The van der Waals surface area contributed by atoms with Crippen LogP contribution < -0.4 is 10.6 Å². The summed E-state index contributed by atoms with van der Waals surface area (Å²) < 4.78 is 18.7. The Balaban J connectivity index is 1.90. The Morgan fingerprint density at radius 1 is 1.48 bits per heavy atom. The zero-order valence-electron chi connectivity index (χ0n) is 14.8. The molecule has 2 rings (SSSR count). The normalized spacial score (nSPS) is 18.2. The molecule has 1 aromatic rings. The fraction of sp³-hybridized carbons (Fsp3) is 0.556. The largest absolute Gasteiger partial charge is 0.377 e. The van der Waals surface area contributed by atoms with E-state index in [1.807, 2.05) is 24.8 Å². The zero-order chi connectivity index (χ0) is 18.2. The molecule has 0 saturated carbocycles. The molecule has 1 heterocycles. The van der Waals surface area contributed by atoms with E-state index in [9.17, 15) is 14.0 Å². The standard InChI is InChI=1S/C18H26FN3O3/c1-13(2)25-9-7-20-17(23)11-16-18(24)21-6-8-22(16)12-14-4-3-5-15(19)10-14/h3-5,10,13,16H,6-9,11-12H2,1-2H3,(H,20,23)(H,21,24)/t16-/m1/s1. The molecule has 1 aliphatic rings. The number of carbonyl (C=O) groups is 2. The molecule has 0 bridgehead atoms. The molecule has 25 heavy (non-hydrogen) atoms. The molecule has 0 aliphatic carbocycles. The van der Waals surface area contributed by atoms with Crippen LogP contribution in [0, 0.1) is 5.82 Å². The molecule has 1 aliphatic heterocycles. The van der Waals surface area contributed by atoms with Crippen molar-refractivity contribution in [2.75, 3.05) is 26.2 Å². The van der Waals surface area contributed by atoms with Crippen molar-refractivity contribution in [3.05, 3.63) is 35.6 Å². The summed E-state index contributed by atoms with van der Waals surface area (Å²) in [5.74, 6) is -0.673. The molecule has 1 atom stereocenters. The lowest BCUT2D eigenvalue weighted by Gasteiger charge is -2.34. The summed E-state index contributed by atoms with van der Waals surface area (Å²) in [4.78, 5) is 26.2. The van der Waals surface area contributed by atoms with Gasteiger partial charge in [-0.05, 0) is 31.5 Å². The van der Waals surface area contributed by atoms with Crippen LogP contribution in [-0.4, -0.2) is 55.1 Å². The summed E-state index contributed by atoms with van der Waals surface area (Å²) in [6.45, 7) is 6.28. The average Bonchev–Trinajstić information content (AvgIpc) is 2.55. The zero-order valence-corrected chi connectivity index (χ0v) is 14.8. The monoisotopic (exact) mass is 351 g/mol. The first-order chi connectivity index (χ1) is 12.0. The number of amides is 2. The minimum Gasteiger partial charge on any atom is -0.377 e. The highest BCUT2D eigenvalue weighted by Crippen LogP contribution is 2.14. The van der Waals surface area contributed by atoms with Crippen LogP contribution in [0.25, 0.3) is 0 Å². The molecule has 0 unspecified atom stereocenters. The van der Waals surface area contributed by atoms with Crippen molar-refractivity contribution >= 4 is 11.8 Å². The highest BCUT2D eigenvalue weighted by Gasteiger charge is 2.31. The number of rotatable bonds is 8. The lowest BCUT2D eigenvalue weighted by atomic mass is 10.1. The van der Waals surface area contributed by atoms with Crippen LogP contribution in [0.15, 0.2) is 24.3 Å². The number of hydrogen-bond donors (Lipinski definition) is 2. The van der Waals surface area contributed by atoms with Gasteiger partial charge in [0.25, 0.3) is 0 Å². The number of carbonyl (C=O) groups excluding carboxylic acids is 2. The molecule has 1 fully saturated rings. The first-order valence-corrected chi connectivity index (χ1v) is 8.60. The molecule has 0 radical (unpaired) electrons. The second-order valence-corrected chi connectivity index (χ2v) is 6.38. The summed E-state index contributed by atoms with van der Waals surface area (Å²) in [5.41, 5.74) is 0.783. The van der Waals surface area contributed by atoms with Gasteiger partial charge in [-0.2, -0.15) is 0 Å². The highest BCUT2D eigenvalue weighted by molar-refractivity contribution is 5.88. The Labute approximate surface area is 147 Å². The van der Waals surface area contributed by atoms with E-state index in [-0.39, 0.29) is 30.2 Å². The summed E-state index contributed by atoms with van der Waals surface area (Å²) in [7, 11) is 0. The number of hydrogen-bond acceptors (Lipinski definition) is 4. The lowest BCUT2D eigenvalue weighted by Crippen LogP contribution is -2.56. The van der Waals surface area contributed by atoms with Crippen LogP contribution in [0.3, 0.4) is 0 Å². The topological polar surface area (TPSA) is 70.7 Å². The molecule has 1 aromatic carbocycles. The first-order valence-electron chi connectivity index (χ1n) is 8.60. The van der Waals surface area contributed by atoms with Crippen molar-refractivity contribution in [1.29, 1.82) is 0 Å². The van der Waals surface area contributed by atoms with Crippen LogP contribution >= 0.6 is 0 Å². The van der Waals surface area contributed by atoms with Gasteiger partial charge in [-0.15, -0.1) is 0 Å².